The molecule has 1 atom stereocenters. The van der Waals surface area contributed by atoms with Crippen molar-refractivity contribution in [3.8, 4) is 11.1 Å². The molecule has 0 fully saturated rings. The van der Waals surface area contributed by atoms with Crippen molar-refractivity contribution in [1.82, 2.24) is 5.32 Å². The van der Waals surface area contributed by atoms with E-state index < -0.39 is 5.97 Å². The summed E-state index contributed by atoms with van der Waals surface area (Å²) in [5, 5.41) is 12.1. The largest absolute Gasteiger partial charge is 0.481 e. The number of nitrogens with one attached hydrogen (secondary N) is 1. The first kappa shape index (κ1) is 23.0. The summed E-state index contributed by atoms with van der Waals surface area (Å²) in [6.07, 6.45) is 5.83. The summed E-state index contributed by atoms with van der Waals surface area (Å²) in [5.74, 6) is -0.408. The normalized spacial score (nSPS) is 11.8. The Kier molecular flexibility index (Phi) is 10.4. The molecular formula is C24H31NO3S. The van der Waals surface area contributed by atoms with Crippen LogP contribution in [-0.2, 0) is 9.59 Å². The van der Waals surface area contributed by atoms with E-state index in [0.717, 1.165) is 35.3 Å². The molecule has 2 N–H and O–H groups in total. The van der Waals surface area contributed by atoms with Gasteiger partial charge in [-0.25, -0.2) is 0 Å². The van der Waals surface area contributed by atoms with Crippen LogP contribution in [0.5, 0.6) is 0 Å². The summed E-state index contributed by atoms with van der Waals surface area (Å²) >= 11 is 1.58. The molecule has 0 radical (unpaired) electrons. The van der Waals surface area contributed by atoms with Crippen molar-refractivity contribution in [3.05, 3.63) is 54.6 Å². The summed E-state index contributed by atoms with van der Waals surface area (Å²) < 4.78 is 0. The molecule has 4 nitrogen and oxygen atoms in total. The smallest absolute Gasteiger partial charge is 0.305 e. The fraction of sp³-hybridized carbons (Fsp3) is 0.417. The van der Waals surface area contributed by atoms with Gasteiger partial charge in [0.25, 0.3) is 0 Å². The summed E-state index contributed by atoms with van der Waals surface area (Å²) in [5.41, 5.74) is 2.27. The first-order valence-electron chi connectivity index (χ1n) is 10.4. The van der Waals surface area contributed by atoms with Crippen molar-refractivity contribution in [2.75, 3.05) is 5.75 Å². The first-order chi connectivity index (χ1) is 14.1. The zero-order valence-corrected chi connectivity index (χ0v) is 17.9. The van der Waals surface area contributed by atoms with Crippen molar-refractivity contribution in [2.24, 2.45) is 0 Å². The summed E-state index contributed by atoms with van der Waals surface area (Å²) in [6.45, 7) is 2.16. The molecule has 0 aliphatic carbocycles. The van der Waals surface area contributed by atoms with Crippen LogP contribution in [0.2, 0.25) is 0 Å². The predicted octanol–water partition coefficient (Wildman–Crippen LogP) is 5.77. The molecule has 0 saturated carbocycles. The number of carbonyl (C=O) groups is 2. The van der Waals surface area contributed by atoms with Crippen LogP contribution in [0.1, 0.15) is 51.9 Å². The lowest BCUT2D eigenvalue weighted by Gasteiger charge is -2.17. The molecular weight excluding hydrogens is 382 g/mol. The van der Waals surface area contributed by atoms with E-state index in [1.54, 1.807) is 11.8 Å². The van der Waals surface area contributed by atoms with Crippen LogP contribution in [0.4, 0.5) is 0 Å². The molecule has 0 spiro atoms. The maximum absolute atomic E-state index is 12.2. The monoisotopic (exact) mass is 413 g/mol. The third-order valence-corrected chi connectivity index (χ3v) is 5.84. The van der Waals surface area contributed by atoms with Gasteiger partial charge >= 0.3 is 5.97 Å². The third kappa shape index (κ3) is 9.18. The van der Waals surface area contributed by atoms with Crippen molar-refractivity contribution in [1.29, 1.82) is 0 Å². The topological polar surface area (TPSA) is 66.4 Å². The summed E-state index contributed by atoms with van der Waals surface area (Å²) in [4.78, 5) is 24.5. The number of carboxylic acid groups (broad SMARTS) is 1. The van der Waals surface area contributed by atoms with E-state index >= 15 is 0 Å². The number of hydrogen-bond acceptors (Lipinski definition) is 3. The SMILES string of the molecule is CCCCCCCC(=O)N[C@H](CSc1cccc(-c2ccccc2)c1)CC(=O)O. The lowest BCUT2D eigenvalue weighted by atomic mass is 10.1. The van der Waals surface area contributed by atoms with Crippen molar-refractivity contribution >= 4 is 23.6 Å². The highest BCUT2D eigenvalue weighted by atomic mass is 32.2. The Hall–Kier alpha value is -2.27. The minimum absolute atomic E-state index is 0.0496. The number of thioether (sulfide) groups is 1. The molecule has 156 valence electrons. The molecule has 0 heterocycles. The molecule has 2 aromatic carbocycles. The lowest BCUT2D eigenvalue weighted by molar-refractivity contribution is -0.137. The number of aliphatic carboxylic acids is 1. The van der Waals surface area contributed by atoms with Gasteiger partial charge in [0.15, 0.2) is 0 Å². The quantitative estimate of drug-likeness (QED) is 0.323. The van der Waals surface area contributed by atoms with Crippen molar-refractivity contribution in [2.45, 2.75) is 62.8 Å². The highest BCUT2D eigenvalue weighted by Crippen LogP contribution is 2.26. The molecule has 5 heteroatoms. The number of carbonyl (C=O) groups excluding carboxylic acids is 1. The van der Waals surface area contributed by atoms with Gasteiger partial charge < -0.3 is 10.4 Å². The van der Waals surface area contributed by atoms with E-state index in [0.29, 0.717) is 12.2 Å². The minimum Gasteiger partial charge on any atom is -0.481 e. The molecule has 29 heavy (non-hydrogen) atoms. The maximum atomic E-state index is 12.2. The van der Waals surface area contributed by atoms with Gasteiger partial charge in [-0.05, 0) is 29.7 Å². The van der Waals surface area contributed by atoms with Crippen LogP contribution in [0.15, 0.2) is 59.5 Å². The van der Waals surface area contributed by atoms with E-state index in [9.17, 15) is 14.7 Å². The number of amides is 1. The van der Waals surface area contributed by atoms with Gasteiger partial charge in [0, 0.05) is 23.1 Å². The Morgan fingerprint density at radius 2 is 1.69 bits per heavy atom. The molecule has 0 aromatic heterocycles. The van der Waals surface area contributed by atoms with Gasteiger partial charge in [-0.2, -0.15) is 0 Å². The Labute approximate surface area is 178 Å². The fourth-order valence-electron chi connectivity index (χ4n) is 3.14. The molecule has 0 bridgehead atoms. The number of unbranched alkanes of at least 4 members (excludes halogenated alkanes) is 4. The summed E-state index contributed by atoms with van der Waals surface area (Å²) in [7, 11) is 0. The number of benzene rings is 2. The maximum Gasteiger partial charge on any atom is 0.305 e. The molecule has 2 rings (SSSR count). The Morgan fingerprint density at radius 1 is 0.966 bits per heavy atom. The van der Waals surface area contributed by atoms with Crippen LogP contribution < -0.4 is 5.32 Å². The van der Waals surface area contributed by atoms with Gasteiger partial charge in [-0.15, -0.1) is 11.8 Å². The van der Waals surface area contributed by atoms with Crippen LogP contribution >= 0.6 is 11.8 Å². The van der Waals surface area contributed by atoms with Crippen LogP contribution in [0, 0.1) is 0 Å². The van der Waals surface area contributed by atoms with E-state index in [4.69, 9.17) is 0 Å². The Bertz CT molecular complexity index is 764. The Morgan fingerprint density at radius 3 is 2.41 bits per heavy atom. The second-order valence-electron chi connectivity index (χ2n) is 7.23. The fourth-order valence-corrected chi connectivity index (χ4v) is 4.12. The lowest BCUT2D eigenvalue weighted by Crippen LogP contribution is -2.38. The standard InChI is InChI=1S/C24H31NO3S/c1-2-3-4-5-9-15-23(26)25-21(17-24(27)28)18-29-22-14-10-13-20(16-22)19-11-7-6-8-12-19/h6-8,10-14,16,21H,2-5,9,15,17-18H2,1H3,(H,25,26)(H,27,28)/t21-/m0/s1. The molecule has 0 saturated heterocycles. The van der Waals surface area contributed by atoms with Crippen LogP contribution in [-0.4, -0.2) is 28.8 Å². The minimum atomic E-state index is -0.892. The van der Waals surface area contributed by atoms with Gasteiger partial charge in [0.05, 0.1) is 6.42 Å². The zero-order chi connectivity index (χ0) is 20.9. The van der Waals surface area contributed by atoms with E-state index in [-0.39, 0.29) is 18.4 Å². The first-order valence-corrected chi connectivity index (χ1v) is 11.4. The second kappa shape index (κ2) is 13.0. The molecule has 0 unspecified atom stereocenters. The van der Waals surface area contributed by atoms with Crippen LogP contribution in [0.3, 0.4) is 0 Å². The van der Waals surface area contributed by atoms with Crippen molar-refractivity contribution < 1.29 is 14.7 Å². The second-order valence-corrected chi connectivity index (χ2v) is 8.32. The van der Waals surface area contributed by atoms with E-state index in [1.165, 1.54) is 12.8 Å². The average Bonchev–Trinajstić information content (AvgIpc) is 2.72. The predicted molar refractivity (Wildman–Crippen MR) is 120 cm³/mol. The van der Waals surface area contributed by atoms with Gasteiger partial charge in [-0.1, -0.05) is 75.1 Å². The third-order valence-electron chi connectivity index (χ3n) is 4.69. The highest BCUT2D eigenvalue weighted by Gasteiger charge is 2.16. The average molecular weight is 414 g/mol. The number of carboxylic acids is 1. The number of rotatable bonds is 13. The molecule has 0 aliphatic rings. The van der Waals surface area contributed by atoms with E-state index in [1.807, 2.05) is 30.3 Å². The highest BCUT2D eigenvalue weighted by molar-refractivity contribution is 7.99. The molecule has 1 amide bonds. The summed E-state index contributed by atoms with van der Waals surface area (Å²) in [6, 6.07) is 18.0. The van der Waals surface area contributed by atoms with E-state index in [2.05, 4.69) is 36.5 Å². The van der Waals surface area contributed by atoms with Gasteiger partial charge in [0.1, 0.15) is 0 Å². The molecule has 2 aromatic rings. The van der Waals surface area contributed by atoms with Gasteiger partial charge in [-0.3, -0.25) is 9.59 Å². The Balaban J connectivity index is 1.88. The zero-order valence-electron chi connectivity index (χ0n) is 17.1. The van der Waals surface area contributed by atoms with Crippen LogP contribution in [0.25, 0.3) is 11.1 Å². The molecule has 0 aliphatic heterocycles. The number of hydrogen-bond donors (Lipinski definition) is 2. The van der Waals surface area contributed by atoms with Crippen molar-refractivity contribution in [3.63, 3.8) is 0 Å². The van der Waals surface area contributed by atoms with Gasteiger partial charge in [0.2, 0.25) is 5.91 Å².